The molecular formula is C12H24N2O. The highest BCUT2D eigenvalue weighted by molar-refractivity contribution is 4.89. The van der Waals surface area contributed by atoms with Crippen LogP contribution in [-0.4, -0.2) is 41.3 Å². The second-order valence-corrected chi connectivity index (χ2v) is 5.13. The molecule has 1 saturated carbocycles. The average Bonchev–Trinajstić information content (AvgIpc) is 2.66. The van der Waals surface area contributed by atoms with Gasteiger partial charge in [0.05, 0.1) is 0 Å². The topological polar surface area (TPSA) is 49.5 Å². The fourth-order valence-corrected chi connectivity index (χ4v) is 3.26. The number of nitrogens with zero attached hydrogens (tertiary/aromatic N) is 1. The summed E-state index contributed by atoms with van der Waals surface area (Å²) in [6.07, 6.45) is 8.50. The van der Waals surface area contributed by atoms with Crippen LogP contribution in [-0.2, 0) is 0 Å². The molecule has 3 atom stereocenters. The maximum Gasteiger partial charge on any atom is 0.0445 e. The van der Waals surface area contributed by atoms with Crippen molar-refractivity contribution in [1.82, 2.24) is 4.90 Å². The molecule has 1 heterocycles. The molecule has 1 aliphatic carbocycles. The van der Waals surface area contributed by atoms with Gasteiger partial charge in [-0.2, -0.15) is 0 Å². The summed E-state index contributed by atoms with van der Waals surface area (Å²) < 4.78 is 0. The quantitative estimate of drug-likeness (QED) is 0.736. The third-order valence-corrected chi connectivity index (χ3v) is 4.05. The van der Waals surface area contributed by atoms with E-state index in [1.807, 2.05) is 0 Å². The van der Waals surface area contributed by atoms with Gasteiger partial charge in [0.15, 0.2) is 0 Å². The van der Waals surface area contributed by atoms with Crippen LogP contribution < -0.4 is 5.73 Å². The fraction of sp³-hybridized carbons (Fsp3) is 1.00. The van der Waals surface area contributed by atoms with Gasteiger partial charge in [0.2, 0.25) is 0 Å². The van der Waals surface area contributed by atoms with E-state index in [-0.39, 0.29) is 0 Å². The first-order valence-corrected chi connectivity index (χ1v) is 6.43. The molecule has 1 aliphatic heterocycles. The summed E-state index contributed by atoms with van der Waals surface area (Å²) in [6.45, 7) is 1.56. The zero-order chi connectivity index (χ0) is 10.7. The fourth-order valence-electron chi connectivity index (χ4n) is 3.26. The van der Waals surface area contributed by atoms with Gasteiger partial charge in [-0.05, 0) is 45.1 Å². The van der Waals surface area contributed by atoms with Crippen molar-refractivity contribution in [1.29, 1.82) is 0 Å². The zero-order valence-corrected chi connectivity index (χ0v) is 9.57. The number of likely N-dealkylation sites (tertiary alicyclic amines) is 1. The molecule has 3 heteroatoms. The molecule has 0 amide bonds. The summed E-state index contributed by atoms with van der Waals surface area (Å²) in [5.74, 6) is 0. The van der Waals surface area contributed by atoms with Crippen LogP contribution in [0.2, 0.25) is 0 Å². The van der Waals surface area contributed by atoms with Crippen LogP contribution in [0, 0.1) is 0 Å². The highest BCUT2D eigenvalue weighted by atomic mass is 16.3. The van der Waals surface area contributed by atoms with E-state index in [9.17, 15) is 0 Å². The summed E-state index contributed by atoms with van der Waals surface area (Å²) in [6, 6.07) is 1.75. The van der Waals surface area contributed by atoms with Gasteiger partial charge >= 0.3 is 0 Å². The molecule has 88 valence electrons. The van der Waals surface area contributed by atoms with E-state index < -0.39 is 0 Å². The van der Waals surface area contributed by atoms with Gasteiger partial charge in [-0.25, -0.2) is 0 Å². The summed E-state index contributed by atoms with van der Waals surface area (Å²) in [4.78, 5) is 2.63. The Morgan fingerprint density at radius 2 is 2.07 bits per heavy atom. The van der Waals surface area contributed by atoms with Crippen molar-refractivity contribution in [3.05, 3.63) is 0 Å². The Balaban J connectivity index is 1.92. The standard InChI is InChI=1S/C12H24N2O/c13-10-4-5-12(9-10)14-7-2-1-3-11(14)6-8-15/h10-12,15H,1-9,13H2. The summed E-state index contributed by atoms with van der Waals surface area (Å²) >= 11 is 0. The zero-order valence-electron chi connectivity index (χ0n) is 9.57. The van der Waals surface area contributed by atoms with Crippen molar-refractivity contribution >= 4 is 0 Å². The predicted molar refractivity (Wildman–Crippen MR) is 61.7 cm³/mol. The highest BCUT2D eigenvalue weighted by Crippen LogP contribution is 2.29. The molecule has 15 heavy (non-hydrogen) atoms. The lowest BCUT2D eigenvalue weighted by Gasteiger charge is -2.40. The number of rotatable bonds is 3. The van der Waals surface area contributed by atoms with Crippen molar-refractivity contribution in [2.24, 2.45) is 5.73 Å². The molecule has 0 bridgehead atoms. The predicted octanol–water partition coefficient (Wildman–Crippen LogP) is 1.10. The Labute approximate surface area is 92.6 Å². The van der Waals surface area contributed by atoms with Gasteiger partial charge in [0, 0.05) is 24.7 Å². The van der Waals surface area contributed by atoms with Gasteiger partial charge in [0.25, 0.3) is 0 Å². The molecule has 2 fully saturated rings. The summed E-state index contributed by atoms with van der Waals surface area (Å²) in [7, 11) is 0. The lowest BCUT2D eigenvalue weighted by Crippen LogP contribution is -2.46. The van der Waals surface area contributed by atoms with Crippen molar-refractivity contribution < 1.29 is 5.11 Å². The van der Waals surface area contributed by atoms with E-state index in [0.717, 1.165) is 6.42 Å². The Morgan fingerprint density at radius 3 is 2.73 bits per heavy atom. The normalized spacial score (nSPS) is 38.4. The van der Waals surface area contributed by atoms with Gasteiger partial charge in [-0.3, -0.25) is 4.90 Å². The summed E-state index contributed by atoms with van der Waals surface area (Å²) in [5, 5.41) is 9.08. The third-order valence-electron chi connectivity index (χ3n) is 4.05. The van der Waals surface area contributed by atoms with Crippen LogP contribution in [0.25, 0.3) is 0 Å². The van der Waals surface area contributed by atoms with Gasteiger partial charge in [-0.1, -0.05) is 6.42 Å². The molecule has 3 unspecified atom stereocenters. The van der Waals surface area contributed by atoms with E-state index >= 15 is 0 Å². The van der Waals surface area contributed by atoms with E-state index in [1.54, 1.807) is 0 Å². The molecule has 3 N–H and O–H groups in total. The highest BCUT2D eigenvalue weighted by Gasteiger charge is 2.32. The number of nitrogens with two attached hydrogens (primary N) is 1. The number of aliphatic hydroxyl groups is 1. The molecule has 0 aromatic carbocycles. The van der Waals surface area contributed by atoms with Crippen molar-refractivity contribution in [2.75, 3.05) is 13.2 Å². The van der Waals surface area contributed by atoms with E-state index in [4.69, 9.17) is 10.8 Å². The van der Waals surface area contributed by atoms with Gasteiger partial charge < -0.3 is 10.8 Å². The Morgan fingerprint density at radius 1 is 1.20 bits per heavy atom. The van der Waals surface area contributed by atoms with Gasteiger partial charge in [-0.15, -0.1) is 0 Å². The van der Waals surface area contributed by atoms with Crippen molar-refractivity contribution in [2.45, 2.75) is 63.1 Å². The van der Waals surface area contributed by atoms with E-state index in [2.05, 4.69) is 4.90 Å². The Bertz CT molecular complexity index is 191. The molecule has 0 aromatic heterocycles. The van der Waals surface area contributed by atoms with Crippen LogP contribution in [0.1, 0.15) is 44.9 Å². The molecule has 1 saturated heterocycles. The smallest absolute Gasteiger partial charge is 0.0445 e. The largest absolute Gasteiger partial charge is 0.396 e. The first-order valence-electron chi connectivity index (χ1n) is 6.43. The molecule has 0 spiro atoms. The molecule has 2 rings (SSSR count). The third kappa shape index (κ3) is 2.71. The van der Waals surface area contributed by atoms with Crippen LogP contribution in [0.5, 0.6) is 0 Å². The summed E-state index contributed by atoms with van der Waals surface area (Å²) in [5.41, 5.74) is 5.98. The minimum atomic E-state index is 0.333. The van der Waals surface area contributed by atoms with E-state index in [1.165, 1.54) is 45.1 Å². The maximum atomic E-state index is 9.08. The minimum Gasteiger partial charge on any atom is -0.396 e. The van der Waals surface area contributed by atoms with Crippen LogP contribution in [0.15, 0.2) is 0 Å². The minimum absolute atomic E-state index is 0.333. The van der Waals surface area contributed by atoms with E-state index in [0.29, 0.717) is 24.7 Å². The number of aliphatic hydroxyl groups excluding tert-OH is 1. The van der Waals surface area contributed by atoms with Crippen molar-refractivity contribution in [3.8, 4) is 0 Å². The first-order chi connectivity index (χ1) is 7.31. The van der Waals surface area contributed by atoms with Crippen molar-refractivity contribution in [3.63, 3.8) is 0 Å². The number of hydrogen-bond donors (Lipinski definition) is 2. The van der Waals surface area contributed by atoms with Crippen LogP contribution in [0.3, 0.4) is 0 Å². The number of piperidine rings is 1. The first kappa shape index (κ1) is 11.4. The lowest BCUT2D eigenvalue weighted by molar-refractivity contribution is 0.0773. The second-order valence-electron chi connectivity index (χ2n) is 5.13. The molecule has 0 radical (unpaired) electrons. The Kier molecular flexibility index (Phi) is 4.00. The van der Waals surface area contributed by atoms with Crippen LogP contribution >= 0.6 is 0 Å². The average molecular weight is 212 g/mol. The monoisotopic (exact) mass is 212 g/mol. The van der Waals surface area contributed by atoms with Crippen LogP contribution in [0.4, 0.5) is 0 Å². The number of hydrogen-bond acceptors (Lipinski definition) is 3. The lowest BCUT2D eigenvalue weighted by atomic mass is 9.97. The Hall–Kier alpha value is -0.120. The maximum absolute atomic E-state index is 9.08. The second kappa shape index (κ2) is 5.28. The molecule has 3 nitrogen and oxygen atoms in total. The molecule has 2 aliphatic rings. The van der Waals surface area contributed by atoms with Gasteiger partial charge in [0.1, 0.15) is 0 Å². The molecule has 0 aromatic rings. The SMILES string of the molecule is NC1CCC(N2CCCCC2CCO)C1. The molecular weight excluding hydrogens is 188 g/mol.